The van der Waals surface area contributed by atoms with Gasteiger partial charge in [0.15, 0.2) is 0 Å². The average molecular weight is 373 g/mol. The van der Waals surface area contributed by atoms with Gasteiger partial charge in [0.05, 0.1) is 18.8 Å². The molecule has 1 N–H and O–H groups in total. The molecule has 2 nitrogen and oxygen atoms in total. The molecular formula is C25H40O2. The lowest BCUT2D eigenvalue weighted by Crippen LogP contribution is -2.56. The predicted molar refractivity (Wildman–Crippen MR) is 109 cm³/mol. The van der Waals surface area contributed by atoms with Crippen molar-refractivity contribution in [3.8, 4) is 0 Å². The lowest BCUT2D eigenvalue weighted by Gasteiger charge is -2.59. The van der Waals surface area contributed by atoms with E-state index in [1.807, 2.05) is 0 Å². The maximum Gasteiger partial charge on any atom is 0.0622 e. The summed E-state index contributed by atoms with van der Waals surface area (Å²) in [5.74, 6) is 5.38. The summed E-state index contributed by atoms with van der Waals surface area (Å²) in [6.07, 6.45) is 15.2. The lowest BCUT2D eigenvalue weighted by molar-refractivity contribution is -0.182. The third kappa shape index (κ3) is 2.72. The van der Waals surface area contributed by atoms with Crippen molar-refractivity contribution in [2.75, 3.05) is 13.2 Å². The Hall–Kier alpha value is -0.340. The van der Waals surface area contributed by atoms with Gasteiger partial charge in [0.25, 0.3) is 0 Å². The molecule has 5 fully saturated rings. The van der Waals surface area contributed by atoms with E-state index >= 15 is 0 Å². The first-order valence-corrected chi connectivity index (χ1v) is 11.8. The second-order valence-corrected chi connectivity index (χ2v) is 11.7. The molecule has 5 aliphatic rings. The maximum atomic E-state index is 10.6. The Bertz CT molecular complexity index is 591. The molecule has 152 valence electrons. The van der Waals surface area contributed by atoms with Crippen molar-refractivity contribution >= 4 is 0 Å². The van der Waals surface area contributed by atoms with E-state index in [0.717, 1.165) is 68.0 Å². The van der Waals surface area contributed by atoms with Gasteiger partial charge >= 0.3 is 0 Å². The van der Waals surface area contributed by atoms with Crippen LogP contribution in [0.3, 0.4) is 0 Å². The highest BCUT2D eigenvalue weighted by atomic mass is 16.5. The Morgan fingerprint density at radius 2 is 1.74 bits per heavy atom. The fourth-order valence-corrected chi connectivity index (χ4v) is 9.20. The molecule has 4 aliphatic carbocycles. The van der Waals surface area contributed by atoms with E-state index in [-0.39, 0.29) is 0 Å². The van der Waals surface area contributed by atoms with Gasteiger partial charge in [0.2, 0.25) is 0 Å². The van der Waals surface area contributed by atoms with Crippen LogP contribution in [0.25, 0.3) is 0 Å². The molecule has 0 amide bonds. The van der Waals surface area contributed by atoms with E-state index in [4.69, 9.17) is 4.74 Å². The number of hydrogen-bond donors (Lipinski definition) is 1. The molecule has 2 heteroatoms. The molecular weight excluding hydrogens is 332 g/mol. The van der Waals surface area contributed by atoms with Crippen LogP contribution in [0.1, 0.15) is 78.1 Å². The van der Waals surface area contributed by atoms with Gasteiger partial charge in [0, 0.05) is 5.41 Å². The number of ether oxygens (including phenoxy) is 1. The third-order valence-corrected chi connectivity index (χ3v) is 10.3. The maximum absolute atomic E-state index is 10.6. The molecule has 0 aromatic heterocycles. The first-order valence-electron chi connectivity index (χ1n) is 11.8. The standard InChI is InChI=1S/C25H40O2/c1-4-11-25(15-27-16-25)22-8-7-21-20-6-5-17-14-23(2,26)12-9-18(17)19(20)10-13-24(21,22)3/h4,17-22,26H,1,5-16H2,2-3H3/t17-,18+,19-,20-,21+,22+,23-,24+/m1/s1. The first-order chi connectivity index (χ1) is 12.9. The Balaban J connectivity index is 1.37. The van der Waals surface area contributed by atoms with Gasteiger partial charge in [-0.05, 0) is 112 Å². The van der Waals surface area contributed by atoms with Gasteiger partial charge in [-0.1, -0.05) is 13.0 Å². The SMILES string of the molecule is C=CCC1([C@H]2CC[C@H]3[C@@H]4CC[C@@H]5C[C@](C)(O)CC[C@@H]5[C@H]4CC[C@]23C)COC1. The van der Waals surface area contributed by atoms with Gasteiger partial charge in [0.1, 0.15) is 0 Å². The Kier molecular flexibility index (Phi) is 4.38. The van der Waals surface area contributed by atoms with E-state index < -0.39 is 5.60 Å². The molecule has 0 aromatic carbocycles. The smallest absolute Gasteiger partial charge is 0.0622 e. The van der Waals surface area contributed by atoms with E-state index in [1.54, 1.807) is 0 Å². The van der Waals surface area contributed by atoms with Crippen LogP contribution < -0.4 is 0 Å². The summed E-state index contributed by atoms with van der Waals surface area (Å²) < 4.78 is 5.75. The highest BCUT2D eigenvalue weighted by molar-refractivity contribution is 5.12. The zero-order chi connectivity index (χ0) is 18.9. The van der Waals surface area contributed by atoms with E-state index in [2.05, 4.69) is 26.5 Å². The monoisotopic (exact) mass is 372 g/mol. The summed E-state index contributed by atoms with van der Waals surface area (Å²) in [7, 11) is 0. The van der Waals surface area contributed by atoms with Crippen molar-refractivity contribution in [3.05, 3.63) is 12.7 Å². The molecule has 1 aliphatic heterocycles. The zero-order valence-electron chi connectivity index (χ0n) is 17.6. The van der Waals surface area contributed by atoms with Crippen LogP contribution in [-0.4, -0.2) is 23.9 Å². The summed E-state index contributed by atoms with van der Waals surface area (Å²) in [6.45, 7) is 10.8. The second kappa shape index (κ2) is 6.33. The van der Waals surface area contributed by atoms with E-state index in [0.29, 0.717) is 10.8 Å². The van der Waals surface area contributed by atoms with Crippen molar-refractivity contribution < 1.29 is 9.84 Å². The Morgan fingerprint density at radius 1 is 0.963 bits per heavy atom. The van der Waals surface area contributed by atoms with Crippen LogP contribution in [0, 0.1) is 46.3 Å². The third-order valence-electron chi connectivity index (χ3n) is 10.3. The summed E-state index contributed by atoms with van der Waals surface area (Å²) in [5.41, 5.74) is 0.538. The largest absolute Gasteiger partial charge is 0.390 e. The van der Waals surface area contributed by atoms with Crippen LogP contribution in [0.4, 0.5) is 0 Å². The first kappa shape index (κ1) is 18.7. The molecule has 4 saturated carbocycles. The number of aliphatic hydroxyl groups is 1. The Labute approximate surface area is 166 Å². The quantitative estimate of drug-likeness (QED) is 0.654. The fraction of sp³-hybridized carbons (Fsp3) is 0.920. The summed E-state index contributed by atoms with van der Waals surface area (Å²) in [6, 6.07) is 0. The lowest BCUT2D eigenvalue weighted by atomic mass is 9.47. The highest BCUT2D eigenvalue weighted by Gasteiger charge is 2.62. The summed E-state index contributed by atoms with van der Waals surface area (Å²) >= 11 is 0. The molecule has 0 aromatic rings. The predicted octanol–water partition coefficient (Wildman–Crippen LogP) is 5.60. The van der Waals surface area contributed by atoms with Gasteiger partial charge in [-0.3, -0.25) is 0 Å². The Morgan fingerprint density at radius 3 is 2.44 bits per heavy atom. The molecule has 0 radical (unpaired) electrons. The van der Waals surface area contributed by atoms with Gasteiger partial charge in [-0.2, -0.15) is 0 Å². The second-order valence-electron chi connectivity index (χ2n) is 11.7. The highest BCUT2D eigenvalue weighted by Crippen LogP contribution is 2.68. The topological polar surface area (TPSA) is 29.5 Å². The van der Waals surface area contributed by atoms with Crippen LogP contribution in [0.5, 0.6) is 0 Å². The number of rotatable bonds is 3. The van der Waals surface area contributed by atoms with Crippen molar-refractivity contribution in [3.63, 3.8) is 0 Å². The molecule has 0 bridgehead atoms. The van der Waals surface area contributed by atoms with E-state index in [9.17, 15) is 5.11 Å². The molecule has 5 rings (SSSR count). The summed E-state index contributed by atoms with van der Waals surface area (Å²) in [4.78, 5) is 0. The molecule has 8 atom stereocenters. The van der Waals surface area contributed by atoms with Crippen LogP contribution in [0.2, 0.25) is 0 Å². The van der Waals surface area contributed by atoms with Crippen LogP contribution in [0.15, 0.2) is 12.7 Å². The van der Waals surface area contributed by atoms with Crippen molar-refractivity contribution in [2.45, 2.75) is 83.7 Å². The number of hydrogen-bond acceptors (Lipinski definition) is 2. The number of fused-ring (bicyclic) bond motifs is 5. The number of allylic oxidation sites excluding steroid dienone is 1. The molecule has 0 unspecified atom stereocenters. The molecule has 1 heterocycles. The van der Waals surface area contributed by atoms with Crippen LogP contribution >= 0.6 is 0 Å². The molecule has 27 heavy (non-hydrogen) atoms. The van der Waals surface area contributed by atoms with E-state index in [1.165, 1.54) is 44.9 Å². The normalized spacial score (nSPS) is 53.6. The average Bonchev–Trinajstić information content (AvgIpc) is 2.94. The minimum Gasteiger partial charge on any atom is -0.390 e. The van der Waals surface area contributed by atoms with Gasteiger partial charge in [-0.25, -0.2) is 0 Å². The van der Waals surface area contributed by atoms with Crippen LogP contribution in [-0.2, 0) is 4.74 Å². The van der Waals surface area contributed by atoms with Gasteiger partial charge in [-0.15, -0.1) is 6.58 Å². The minimum atomic E-state index is -0.392. The van der Waals surface area contributed by atoms with Crippen molar-refractivity contribution in [1.82, 2.24) is 0 Å². The zero-order valence-corrected chi connectivity index (χ0v) is 17.6. The fourth-order valence-electron chi connectivity index (χ4n) is 9.20. The van der Waals surface area contributed by atoms with Crippen molar-refractivity contribution in [1.29, 1.82) is 0 Å². The van der Waals surface area contributed by atoms with Gasteiger partial charge < -0.3 is 9.84 Å². The van der Waals surface area contributed by atoms with Crippen molar-refractivity contribution in [2.24, 2.45) is 46.3 Å². The summed E-state index contributed by atoms with van der Waals surface area (Å²) in [5, 5.41) is 10.6. The minimum absolute atomic E-state index is 0.392. The molecule has 1 saturated heterocycles. The molecule has 0 spiro atoms.